The van der Waals surface area contributed by atoms with Gasteiger partial charge in [0.25, 0.3) is 0 Å². The van der Waals surface area contributed by atoms with Gasteiger partial charge < -0.3 is 14.9 Å². The number of hydrogen-bond donors (Lipinski definition) is 2. The first-order valence-corrected chi connectivity index (χ1v) is 13.2. The van der Waals surface area contributed by atoms with E-state index in [1.54, 1.807) is 0 Å². The van der Waals surface area contributed by atoms with E-state index in [4.69, 9.17) is 4.74 Å². The van der Waals surface area contributed by atoms with Crippen LogP contribution in [0.2, 0.25) is 0 Å². The first-order chi connectivity index (χ1) is 17.4. The van der Waals surface area contributed by atoms with Gasteiger partial charge in [0.2, 0.25) is 0 Å². The molecule has 2 N–H and O–H groups in total. The fourth-order valence-corrected chi connectivity index (χ4v) is 5.50. The molecule has 0 radical (unpaired) electrons. The normalized spacial score (nSPS) is 21.1. The Morgan fingerprint density at radius 2 is 1.57 bits per heavy atom. The highest BCUT2D eigenvalue weighted by molar-refractivity contribution is 5.77. The molecular weight excluding hydrogens is 456 g/mol. The quantitative estimate of drug-likeness (QED) is 0.303. The van der Waals surface area contributed by atoms with E-state index < -0.39 is 11.7 Å². The van der Waals surface area contributed by atoms with Crippen molar-refractivity contribution in [3.8, 4) is 11.5 Å². The minimum absolute atomic E-state index is 0.0392. The Labute approximate surface area is 221 Å². The number of ether oxygens (including phenoxy) is 1. The third kappa shape index (κ3) is 4.24. The van der Waals surface area contributed by atoms with E-state index in [-0.39, 0.29) is 17.3 Å². The maximum Gasteiger partial charge on any atom is 0.132 e. The molecule has 0 fully saturated rings. The molecule has 0 saturated heterocycles. The van der Waals surface area contributed by atoms with Crippen LogP contribution in [0.25, 0.3) is 12.2 Å². The summed E-state index contributed by atoms with van der Waals surface area (Å²) in [4.78, 5) is 0. The Morgan fingerprint density at radius 1 is 0.919 bits per heavy atom. The van der Waals surface area contributed by atoms with E-state index >= 15 is 0 Å². The van der Waals surface area contributed by atoms with E-state index in [0.717, 1.165) is 44.9 Å². The molecule has 192 valence electrons. The molecule has 3 atom stereocenters. The number of hydrogen-bond acceptors (Lipinski definition) is 3. The molecule has 3 heteroatoms. The summed E-state index contributed by atoms with van der Waals surface area (Å²) < 4.78 is 6.56. The molecule has 0 aromatic heterocycles. The molecule has 0 saturated carbocycles. The molecule has 1 heterocycles. The molecule has 0 amide bonds. The van der Waals surface area contributed by atoms with Crippen molar-refractivity contribution in [2.75, 3.05) is 0 Å². The van der Waals surface area contributed by atoms with Crippen molar-refractivity contribution >= 4 is 12.2 Å². The summed E-state index contributed by atoms with van der Waals surface area (Å²) in [6.07, 6.45) is 7.38. The highest BCUT2D eigenvalue weighted by Gasteiger charge is 2.41. The zero-order chi connectivity index (χ0) is 26.7. The van der Waals surface area contributed by atoms with E-state index in [0.29, 0.717) is 0 Å². The maximum atomic E-state index is 11.6. The van der Waals surface area contributed by atoms with Crippen molar-refractivity contribution in [2.45, 2.75) is 66.1 Å². The number of aliphatic hydroxyl groups is 2. The van der Waals surface area contributed by atoms with Crippen LogP contribution >= 0.6 is 0 Å². The first kappa shape index (κ1) is 25.5. The summed E-state index contributed by atoms with van der Waals surface area (Å²) in [7, 11) is 0. The minimum atomic E-state index is -1.01. The zero-order valence-corrected chi connectivity index (χ0v) is 23.0. The smallest absolute Gasteiger partial charge is 0.132 e. The fraction of sp³-hybridized carbons (Fsp3) is 0.353. The van der Waals surface area contributed by atoms with Crippen LogP contribution in [0.5, 0.6) is 11.5 Å². The molecule has 3 aromatic rings. The Hall–Kier alpha value is -3.14. The molecule has 0 spiro atoms. The number of fused-ring (bicyclic) bond motifs is 4. The van der Waals surface area contributed by atoms with Crippen LogP contribution in [0.1, 0.15) is 85.0 Å². The molecule has 3 unspecified atom stereocenters. The number of benzene rings is 3. The molecule has 1 aliphatic carbocycles. The SMILES string of the molecule is Cc1ccc(C2c3c(ccc4c3C=CC4(O)C(C)C)Oc3ccc(C)c(/C=C\C(O)C(C)(C)C)c32)cc1. The highest BCUT2D eigenvalue weighted by Crippen LogP contribution is 2.54. The standard InChI is InChI=1S/C34H38O3/c1-20(2)34(36)19-18-25-26(34)14-16-28-32(25)30(23-11-8-21(3)9-12-23)31-24(13-17-29(35)33(5,6)7)22(4)10-15-27(31)37-28/h8-20,29-30,35-36H,1-7H3/b17-13-. The number of aryl methyl sites for hydroxylation is 2. The van der Waals surface area contributed by atoms with Gasteiger partial charge in [-0.3, -0.25) is 0 Å². The van der Waals surface area contributed by atoms with Crippen molar-refractivity contribution in [3.05, 3.63) is 105 Å². The number of rotatable bonds is 4. The van der Waals surface area contributed by atoms with Crippen molar-refractivity contribution in [3.63, 3.8) is 0 Å². The first-order valence-electron chi connectivity index (χ1n) is 13.2. The van der Waals surface area contributed by atoms with Gasteiger partial charge in [0.05, 0.1) is 6.10 Å². The molecule has 5 rings (SSSR count). The predicted molar refractivity (Wildman–Crippen MR) is 152 cm³/mol. The predicted octanol–water partition coefficient (Wildman–Crippen LogP) is 7.88. The van der Waals surface area contributed by atoms with Crippen LogP contribution in [0.3, 0.4) is 0 Å². The topological polar surface area (TPSA) is 49.7 Å². The lowest BCUT2D eigenvalue weighted by atomic mass is 9.75. The van der Waals surface area contributed by atoms with Crippen LogP contribution in [0.4, 0.5) is 0 Å². The van der Waals surface area contributed by atoms with Gasteiger partial charge in [-0.25, -0.2) is 0 Å². The van der Waals surface area contributed by atoms with Crippen molar-refractivity contribution in [1.82, 2.24) is 0 Å². The van der Waals surface area contributed by atoms with Gasteiger partial charge >= 0.3 is 0 Å². The lowest BCUT2D eigenvalue weighted by Gasteiger charge is -2.34. The van der Waals surface area contributed by atoms with Gasteiger partial charge in [-0.05, 0) is 71.2 Å². The summed E-state index contributed by atoms with van der Waals surface area (Å²) in [6, 6.07) is 16.9. The third-order valence-corrected chi connectivity index (χ3v) is 8.07. The van der Waals surface area contributed by atoms with Crippen molar-refractivity contribution in [1.29, 1.82) is 0 Å². The molecule has 3 aromatic carbocycles. The van der Waals surface area contributed by atoms with E-state index in [9.17, 15) is 10.2 Å². The van der Waals surface area contributed by atoms with Crippen LogP contribution in [-0.2, 0) is 5.60 Å². The average Bonchev–Trinajstić information content (AvgIpc) is 3.20. The van der Waals surface area contributed by atoms with Crippen molar-refractivity contribution in [2.24, 2.45) is 11.3 Å². The third-order valence-electron chi connectivity index (χ3n) is 8.07. The Bertz CT molecular complexity index is 1400. The van der Waals surface area contributed by atoms with Gasteiger partial charge in [-0.2, -0.15) is 0 Å². The summed E-state index contributed by atoms with van der Waals surface area (Å²) in [5.41, 5.74) is 7.46. The largest absolute Gasteiger partial charge is 0.457 e. The molecular formula is C34H38O3. The lowest BCUT2D eigenvalue weighted by molar-refractivity contribution is 0.0431. The molecule has 1 aliphatic heterocycles. The average molecular weight is 495 g/mol. The summed E-state index contributed by atoms with van der Waals surface area (Å²) in [6.45, 7) is 14.4. The molecule has 2 aliphatic rings. The van der Waals surface area contributed by atoms with Crippen LogP contribution in [0, 0.1) is 25.2 Å². The molecule has 3 nitrogen and oxygen atoms in total. The van der Waals surface area contributed by atoms with Crippen molar-refractivity contribution < 1.29 is 14.9 Å². The minimum Gasteiger partial charge on any atom is -0.457 e. The Balaban J connectivity index is 1.78. The zero-order valence-electron chi connectivity index (χ0n) is 23.0. The lowest BCUT2D eigenvalue weighted by Crippen LogP contribution is -2.28. The van der Waals surface area contributed by atoms with E-state index in [2.05, 4.69) is 76.2 Å². The molecule has 0 bridgehead atoms. The second-order valence-electron chi connectivity index (χ2n) is 12.1. The Morgan fingerprint density at radius 3 is 2.22 bits per heavy atom. The monoisotopic (exact) mass is 494 g/mol. The van der Waals surface area contributed by atoms with Gasteiger partial charge in [0.15, 0.2) is 0 Å². The van der Waals surface area contributed by atoms with E-state index in [1.165, 1.54) is 11.1 Å². The Kier molecular flexibility index (Phi) is 6.21. The van der Waals surface area contributed by atoms with Gasteiger partial charge in [-0.1, -0.05) is 94.8 Å². The highest BCUT2D eigenvalue weighted by atomic mass is 16.5. The second-order valence-corrected chi connectivity index (χ2v) is 12.1. The van der Waals surface area contributed by atoms with Gasteiger partial charge in [0, 0.05) is 17.0 Å². The van der Waals surface area contributed by atoms with E-state index in [1.807, 2.05) is 45.1 Å². The van der Waals surface area contributed by atoms with Crippen LogP contribution in [-0.4, -0.2) is 16.3 Å². The molecule has 37 heavy (non-hydrogen) atoms. The summed E-state index contributed by atoms with van der Waals surface area (Å²) in [5.74, 6) is 1.61. The van der Waals surface area contributed by atoms with Crippen LogP contribution in [0.15, 0.2) is 60.7 Å². The fourth-order valence-electron chi connectivity index (χ4n) is 5.50. The maximum absolute atomic E-state index is 11.6. The summed E-state index contributed by atoms with van der Waals surface area (Å²) >= 11 is 0. The van der Waals surface area contributed by atoms with Crippen LogP contribution < -0.4 is 4.74 Å². The summed E-state index contributed by atoms with van der Waals surface area (Å²) in [5, 5.41) is 22.4. The van der Waals surface area contributed by atoms with Gasteiger partial charge in [0.1, 0.15) is 17.1 Å². The van der Waals surface area contributed by atoms with Gasteiger partial charge in [-0.15, -0.1) is 0 Å². The second kappa shape index (κ2) is 9.01. The number of aliphatic hydroxyl groups excluding tert-OH is 1.